The molecule has 1 heterocycles. The van der Waals surface area contributed by atoms with Crippen LogP contribution >= 0.6 is 11.3 Å². The van der Waals surface area contributed by atoms with Gasteiger partial charge in [-0.3, -0.25) is 0 Å². The highest BCUT2D eigenvalue weighted by Crippen LogP contribution is 2.07. The summed E-state index contributed by atoms with van der Waals surface area (Å²) in [5.74, 6) is 0. The summed E-state index contributed by atoms with van der Waals surface area (Å²) in [5.41, 5.74) is 0. The van der Waals surface area contributed by atoms with Crippen molar-refractivity contribution in [2.24, 2.45) is 0 Å². The minimum atomic E-state index is 1.01. The van der Waals surface area contributed by atoms with E-state index >= 15 is 0 Å². The normalized spacial score (nSPS) is 10.0. The van der Waals surface area contributed by atoms with Gasteiger partial charge < -0.3 is 5.32 Å². The molecule has 0 aromatic carbocycles. The van der Waals surface area contributed by atoms with Gasteiger partial charge in [0.25, 0.3) is 0 Å². The van der Waals surface area contributed by atoms with Crippen LogP contribution in [0.4, 0.5) is 0 Å². The lowest BCUT2D eigenvalue weighted by Crippen LogP contribution is -2.13. The highest BCUT2D eigenvalue weighted by atomic mass is 32.1. The maximum Gasteiger partial charge on any atom is 0.0299 e. The van der Waals surface area contributed by atoms with Crippen LogP contribution in [0.5, 0.6) is 0 Å². The van der Waals surface area contributed by atoms with E-state index in [4.69, 9.17) is 0 Å². The Morgan fingerprint density at radius 1 is 1.58 bits per heavy atom. The van der Waals surface area contributed by atoms with Gasteiger partial charge in [0.15, 0.2) is 0 Å². The molecular weight excluding hydrogens is 166 g/mol. The van der Waals surface area contributed by atoms with Gasteiger partial charge in [0, 0.05) is 11.4 Å². The van der Waals surface area contributed by atoms with E-state index in [9.17, 15) is 0 Å². The second kappa shape index (κ2) is 5.98. The molecule has 2 heteroatoms. The Morgan fingerprint density at radius 2 is 2.50 bits per heavy atom. The van der Waals surface area contributed by atoms with Gasteiger partial charge >= 0.3 is 0 Å². The first-order valence-electron chi connectivity index (χ1n) is 4.27. The number of thiophene rings is 1. The average molecular weight is 181 g/mol. The molecule has 0 saturated heterocycles. The molecule has 0 atom stereocenters. The van der Waals surface area contributed by atoms with E-state index in [1.54, 1.807) is 11.3 Å². The van der Waals surface area contributed by atoms with Crippen LogP contribution in [-0.2, 0) is 6.54 Å². The van der Waals surface area contributed by atoms with Gasteiger partial charge in [0.1, 0.15) is 0 Å². The third kappa shape index (κ3) is 3.69. The van der Waals surface area contributed by atoms with Crippen molar-refractivity contribution >= 4 is 11.3 Å². The lowest BCUT2D eigenvalue weighted by molar-refractivity contribution is 0.660. The molecule has 0 spiro atoms. The zero-order valence-corrected chi connectivity index (χ0v) is 8.07. The maximum atomic E-state index is 3.68. The van der Waals surface area contributed by atoms with Crippen LogP contribution in [0.1, 0.15) is 17.7 Å². The molecule has 0 fully saturated rings. The Labute approximate surface area is 78.1 Å². The van der Waals surface area contributed by atoms with Crippen LogP contribution in [0.15, 0.2) is 30.2 Å². The molecule has 66 valence electrons. The van der Waals surface area contributed by atoms with E-state index < -0.39 is 0 Å². The summed E-state index contributed by atoms with van der Waals surface area (Å²) in [4.78, 5) is 1.41. The zero-order chi connectivity index (χ0) is 8.65. The van der Waals surface area contributed by atoms with Gasteiger partial charge in [-0.15, -0.1) is 17.9 Å². The Morgan fingerprint density at radius 3 is 3.17 bits per heavy atom. The van der Waals surface area contributed by atoms with Gasteiger partial charge in [-0.2, -0.15) is 0 Å². The quantitative estimate of drug-likeness (QED) is 0.525. The molecular formula is C10H15NS. The topological polar surface area (TPSA) is 12.0 Å². The number of rotatable bonds is 6. The van der Waals surface area contributed by atoms with E-state index in [1.165, 1.54) is 11.3 Å². The summed E-state index contributed by atoms with van der Waals surface area (Å²) in [5, 5.41) is 5.50. The van der Waals surface area contributed by atoms with Crippen molar-refractivity contribution in [1.29, 1.82) is 0 Å². The highest BCUT2D eigenvalue weighted by Gasteiger charge is 1.90. The van der Waals surface area contributed by atoms with E-state index in [1.807, 2.05) is 6.08 Å². The van der Waals surface area contributed by atoms with Crippen molar-refractivity contribution < 1.29 is 0 Å². The first-order valence-corrected chi connectivity index (χ1v) is 5.15. The molecule has 12 heavy (non-hydrogen) atoms. The molecule has 0 aliphatic rings. The number of allylic oxidation sites excluding steroid dienone is 1. The van der Waals surface area contributed by atoms with Crippen LogP contribution in [0, 0.1) is 0 Å². The van der Waals surface area contributed by atoms with E-state index in [0.717, 1.165) is 19.5 Å². The number of hydrogen-bond acceptors (Lipinski definition) is 2. The Hall–Kier alpha value is -0.600. The number of hydrogen-bond donors (Lipinski definition) is 1. The Bertz CT molecular complexity index is 204. The predicted octanol–water partition coefficient (Wildman–Crippen LogP) is 2.80. The Balaban J connectivity index is 2.00. The van der Waals surface area contributed by atoms with Crippen LogP contribution in [0.2, 0.25) is 0 Å². The molecule has 1 N–H and O–H groups in total. The van der Waals surface area contributed by atoms with Crippen LogP contribution in [0.25, 0.3) is 0 Å². The molecule has 1 nitrogen and oxygen atoms in total. The van der Waals surface area contributed by atoms with Crippen molar-refractivity contribution in [3.05, 3.63) is 35.0 Å². The fourth-order valence-corrected chi connectivity index (χ4v) is 1.67. The summed E-state index contributed by atoms with van der Waals surface area (Å²) in [7, 11) is 0. The van der Waals surface area contributed by atoms with E-state index in [0.29, 0.717) is 0 Å². The van der Waals surface area contributed by atoms with Crippen molar-refractivity contribution in [2.75, 3.05) is 6.54 Å². The molecule has 0 bridgehead atoms. The summed E-state index contributed by atoms with van der Waals surface area (Å²) in [6.07, 6.45) is 4.26. The fraction of sp³-hybridized carbons (Fsp3) is 0.400. The van der Waals surface area contributed by atoms with Crippen molar-refractivity contribution in [2.45, 2.75) is 19.4 Å². The molecule has 1 aromatic rings. The van der Waals surface area contributed by atoms with E-state index in [-0.39, 0.29) is 0 Å². The molecule has 0 radical (unpaired) electrons. The number of nitrogens with one attached hydrogen (secondary N) is 1. The first kappa shape index (κ1) is 9.49. The Kier molecular flexibility index (Phi) is 4.73. The van der Waals surface area contributed by atoms with E-state index in [2.05, 4.69) is 29.4 Å². The molecule has 0 aliphatic heterocycles. The molecule has 0 unspecified atom stereocenters. The second-order valence-corrected chi connectivity index (χ2v) is 3.72. The third-order valence-electron chi connectivity index (χ3n) is 1.64. The standard InChI is InChI=1S/C10H15NS/c1-2-3-4-7-11-9-10-6-5-8-12-10/h2,5-6,8,11H,1,3-4,7,9H2. The van der Waals surface area contributed by atoms with Crippen molar-refractivity contribution in [1.82, 2.24) is 5.32 Å². The summed E-state index contributed by atoms with van der Waals surface area (Å²) >= 11 is 1.80. The molecule has 0 aliphatic carbocycles. The second-order valence-electron chi connectivity index (χ2n) is 2.69. The minimum Gasteiger partial charge on any atom is -0.312 e. The first-order chi connectivity index (χ1) is 5.93. The third-order valence-corrected chi connectivity index (χ3v) is 2.52. The SMILES string of the molecule is C=CCCCNCc1cccs1. The summed E-state index contributed by atoms with van der Waals surface area (Å²) < 4.78 is 0. The minimum absolute atomic E-state index is 1.01. The largest absolute Gasteiger partial charge is 0.312 e. The van der Waals surface area contributed by atoms with Crippen molar-refractivity contribution in [3.63, 3.8) is 0 Å². The fourth-order valence-electron chi connectivity index (χ4n) is 0.996. The molecule has 0 amide bonds. The summed E-state index contributed by atoms with van der Waals surface area (Å²) in [6.45, 7) is 5.78. The van der Waals surface area contributed by atoms with Crippen LogP contribution in [0.3, 0.4) is 0 Å². The molecule has 0 saturated carbocycles. The van der Waals surface area contributed by atoms with Crippen LogP contribution in [-0.4, -0.2) is 6.54 Å². The number of unbranched alkanes of at least 4 members (excludes halogenated alkanes) is 1. The lowest BCUT2D eigenvalue weighted by atomic mass is 10.3. The van der Waals surface area contributed by atoms with Gasteiger partial charge in [0.2, 0.25) is 0 Å². The monoisotopic (exact) mass is 181 g/mol. The van der Waals surface area contributed by atoms with Gasteiger partial charge in [-0.1, -0.05) is 12.1 Å². The van der Waals surface area contributed by atoms with Gasteiger partial charge in [0.05, 0.1) is 0 Å². The highest BCUT2D eigenvalue weighted by molar-refractivity contribution is 7.09. The van der Waals surface area contributed by atoms with Gasteiger partial charge in [-0.25, -0.2) is 0 Å². The zero-order valence-electron chi connectivity index (χ0n) is 7.25. The predicted molar refractivity (Wildman–Crippen MR) is 55.5 cm³/mol. The molecule has 1 aromatic heterocycles. The van der Waals surface area contributed by atoms with Crippen molar-refractivity contribution in [3.8, 4) is 0 Å². The molecule has 1 rings (SSSR count). The smallest absolute Gasteiger partial charge is 0.0299 e. The van der Waals surface area contributed by atoms with Crippen LogP contribution < -0.4 is 5.32 Å². The maximum absolute atomic E-state index is 3.68. The lowest BCUT2D eigenvalue weighted by Gasteiger charge is -2.00. The summed E-state index contributed by atoms with van der Waals surface area (Å²) in [6, 6.07) is 4.25. The van der Waals surface area contributed by atoms with Gasteiger partial charge in [-0.05, 0) is 30.8 Å². The average Bonchev–Trinajstić information content (AvgIpc) is 2.57.